The lowest BCUT2D eigenvalue weighted by Gasteiger charge is -2.23. The van der Waals surface area contributed by atoms with Crippen LogP contribution in [0.25, 0.3) is 0 Å². The van der Waals surface area contributed by atoms with Crippen LogP contribution in [0, 0.1) is 0 Å². The van der Waals surface area contributed by atoms with Crippen molar-refractivity contribution in [3.05, 3.63) is 0 Å². The number of hydrogen-bond donors (Lipinski definition) is 0. The second-order valence-corrected chi connectivity index (χ2v) is 4.90. The van der Waals surface area contributed by atoms with Gasteiger partial charge in [-0.3, -0.25) is 4.79 Å². The van der Waals surface area contributed by atoms with Crippen molar-refractivity contribution >= 4 is 17.5 Å². The van der Waals surface area contributed by atoms with E-state index >= 15 is 0 Å². The molecule has 1 aliphatic rings. The fraction of sp³-hybridized carbons (Fsp3) is 0.909. The van der Waals surface area contributed by atoms with Gasteiger partial charge in [0, 0.05) is 20.7 Å². The Morgan fingerprint density at radius 2 is 2.31 bits per heavy atom. The summed E-state index contributed by atoms with van der Waals surface area (Å²) < 4.78 is 10.4. The Morgan fingerprint density at radius 3 is 2.81 bits per heavy atom. The van der Waals surface area contributed by atoms with Crippen LogP contribution in [-0.2, 0) is 14.3 Å². The normalized spacial score (nSPS) is 26.8. The van der Waals surface area contributed by atoms with E-state index in [4.69, 9.17) is 21.1 Å². The second-order valence-electron chi connectivity index (χ2n) is 4.28. The summed E-state index contributed by atoms with van der Waals surface area (Å²) in [5.74, 6) is 0.0195. The van der Waals surface area contributed by atoms with Crippen LogP contribution in [0.1, 0.15) is 19.8 Å². The molecule has 0 aromatic heterocycles. The third-order valence-corrected chi connectivity index (χ3v) is 2.97. The summed E-state index contributed by atoms with van der Waals surface area (Å²) in [4.78, 5) is 13.6. The van der Waals surface area contributed by atoms with Crippen molar-refractivity contribution in [2.45, 2.75) is 37.4 Å². The molecule has 0 saturated carbocycles. The van der Waals surface area contributed by atoms with Crippen LogP contribution in [0.3, 0.4) is 0 Å². The molecule has 0 N–H and O–H groups in total. The minimum atomic E-state index is -0.286. The van der Waals surface area contributed by atoms with Gasteiger partial charge in [-0.25, -0.2) is 0 Å². The van der Waals surface area contributed by atoms with Crippen molar-refractivity contribution in [1.82, 2.24) is 4.90 Å². The van der Waals surface area contributed by atoms with Crippen molar-refractivity contribution in [3.63, 3.8) is 0 Å². The first-order chi connectivity index (χ1) is 7.54. The van der Waals surface area contributed by atoms with E-state index in [1.54, 1.807) is 19.1 Å². The maximum absolute atomic E-state index is 11.9. The Hall–Kier alpha value is -0.320. The molecular formula is C11H20ClNO3. The number of carbonyl (C=O) groups is 1. The zero-order chi connectivity index (χ0) is 12.1. The van der Waals surface area contributed by atoms with Gasteiger partial charge in [-0.15, -0.1) is 11.6 Å². The third-order valence-electron chi connectivity index (χ3n) is 2.70. The molecule has 16 heavy (non-hydrogen) atoms. The predicted molar refractivity (Wildman–Crippen MR) is 62.7 cm³/mol. The quantitative estimate of drug-likeness (QED) is 0.689. The minimum absolute atomic E-state index is 0.0195. The third kappa shape index (κ3) is 3.92. The highest BCUT2D eigenvalue weighted by molar-refractivity contribution is 6.21. The lowest BCUT2D eigenvalue weighted by molar-refractivity contribution is -0.141. The summed E-state index contributed by atoms with van der Waals surface area (Å²) >= 11 is 6.00. The largest absolute Gasteiger partial charge is 0.383 e. The topological polar surface area (TPSA) is 38.8 Å². The number of hydrogen-bond acceptors (Lipinski definition) is 3. The van der Waals surface area contributed by atoms with E-state index in [0.29, 0.717) is 13.2 Å². The number of halogens is 1. The molecule has 0 spiro atoms. The van der Waals surface area contributed by atoms with Crippen LogP contribution < -0.4 is 0 Å². The van der Waals surface area contributed by atoms with Gasteiger partial charge in [0.1, 0.15) is 6.10 Å². The van der Waals surface area contributed by atoms with E-state index in [-0.39, 0.29) is 23.5 Å². The van der Waals surface area contributed by atoms with E-state index in [9.17, 15) is 4.79 Å². The molecule has 0 bridgehead atoms. The predicted octanol–water partition coefficient (Wildman–Crippen LogP) is 1.27. The summed E-state index contributed by atoms with van der Waals surface area (Å²) in [5.41, 5.74) is 0. The van der Waals surface area contributed by atoms with Gasteiger partial charge in [0.25, 0.3) is 5.91 Å². The molecule has 3 unspecified atom stereocenters. The maximum atomic E-state index is 11.9. The van der Waals surface area contributed by atoms with Crippen LogP contribution in [0.4, 0.5) is 0 Å². The zero-order valence-corrected chi connectivity index (χ0v) is 10.9. The molecule has 1 saturated heterocycles. The first-order valence-corrected chi connectivity index (χ1v) is 6.01. The molecule has 3 atom stereocenters. The molecule has 0 radical (unpaired) electrons. The van der Waals surface area contributed by atoms with E-state index in [0.717, 1.165) is 12.8 Å². The van der Waals surface area contributed by atoms with Crippen molar-refractivity contribution < 1.29 is 14.3 Å². The summed E-state index contributed by atoms with van der Waals surface area (Å²) in [6, 6.07) is 0. The lowest BCUT2D eigenvalue weighted by atomic mass is 10.2. The van der Waals surface area contributed by atoms with Crippen LogP contribution >= 0.6 is 11.6 Å². The van der Waals surface area contributed by atoms with Crippen LogP contribution in [0.5, 0.6) is 0 Å². The van der Waals surface area contributed by atoms with Gasteiger partial charge < -0.3 is 14.4 Å². The average Bonchev–Trinajstić information content (AvgIpc) is 2.64. The molecule has 1 heterocycles. The molecule has 1 fully saturated rings. The first-order valence-electron chi connectivity index (χ1n) is 5.58. The van der Waals surface area contributed by atoms with Crippen LogP contribution in [0.15, 0.2) is 0 Å². The fourth-order valence-corrected chi connectivity index (χ4v) is 2.18. The van der Waals surface area contributed by atoms with Gasteiger partial charge in [-0.2, -0.15) is 0 Å². The van der Waals surface area contributed by atoms with Gasteiger partial charge in [0.05, 0.1) is 18.1 Å². The van der Waals surface area contributed by atoms with E-state index < -0.39 is 0 Å². The monoisotopic (exact) mass is 249 g/mol. The number of rotatable bonds is 5. The Morgan fingerprint density at radius 1 is 1.62 bits per heavy atom. The molecule has 0 aliphatic carbocycles. The van der Waals surface area contributed by atoms with E-state index in [2.05, 4.69) is 0 Å². The van der Waals surface area contributed by atoms with E-state index in [1.807, 2.05) is 6.92 Å². The molecular weight excluding hydrogens is 230 g/mol. The minimum Gasteiger partial charge on any atom is -0.383 e. The first kappa shape index (κ1) is 13.7. The standard InChI is InChI=1S/C11H20ClNO3/c1-8-4-5-10(16-8)11(14)13(2)6-9(12)7-15-3/h8-10H,4-7H2,1-3H3. The van der Waals surface area contributed by atoms with E-state index in [1.165, 1.54) is 0 Å². The van der Waals surface area contributed by atoms with Crippen molar-refractivity contribution in [2.75, 3.05) is 27.3 Å². The highest BCUT2D eigenvalue weighted by Crippen LogP contribution is 2.20. The summed E-state index contributed by atoms with van der Waals surface area (Å²) in [5, 5.41) is -0.169. The molecule has 0 aromatic rings. The average molecular weight is 250 g/mol. The number of nitrogens with zero attached hydrogens (tertiary/aromatic N) is 1. The zero-order valence-electron chi connectivity index (χ0n) is 10.1. The van der Waals surface area contributed by atoms with Gasteiger partial charge in [-0.05, 0) is 19.8 Å². The maximum Gasteiger partial charge on any atom is 0.251 e. The number of methoxy groups -OCH3 is 1. The van der Waals surface area contributed by atoms with Gasteiger partial charge in [0.2, 0.25) is 0 Å². The Bertz CT molecular complexity index is 237. The molecule has 1 rings (SSSR count). The van der Waals surface area contributed by atoms with Gasteiger partial charge >= 0.3 is 0 Å². The smallest absolute Gasteiger partial charge is 0.251 e. The number of alkyl halides is 1. The SMILES string of the molecule is COCC(Cl)CN(C)C(=O)C1CCC(C)O1. The Balaban J connectivity index is 2.35. The molecule has 94 valence electrons. The highest BCUT2D eigenvalue weighted by Gasteiger charge is 2.30. The number of likely N-dealkylation sites (N-methyl/N-ethyl adjacent to an activating group) is 1. The number of ether oxygens (including phenoxy) is 2. The van der Waals surface area contributed by atoms with Crippen molar-refractivity contribution in [2.24, 2.45) is 0 Å². The highest BCUT2D eigenvalue weighted by atomic mass is 35.5. The number of carbonyl (C=O) groups excluding carboxylic acids is 1. The molecule has 1 amide bonds. The molecule has 1 aliphatic heterocycles. The Labute approximate surface area is 102 Å². The molecule has 4 nitrogen and oxygen atoms in total. The molecule has 0 aromatic carbocycles. The summed E-state index contributed by atoms with van der Waals surface area (Å²) in [6.45, 7) is 2.92. The fourth-order valence-electron chi connectivity index (χ4n) is 1.85. The summed E-state index contributed by atoms with van der Waals surface area (Å²) in [6.07, 6.45) is 1.66. The Kier molecular flexibility index (Phi) is 5.52. The van der Waals surface area contributed by atoms with Crippen molar-refractivity contribution in [3.8, 4) is 0 Å². The van der Waals surface area contributed by atoms with Gasteiger partial charge in [0.15, 0.2) is 0 Å². The van der Waals surface area contributed by atoms with Crippen LogP contribution in [-0.4, -0.2) is 55.7 Å². The van der Waals surface area contributed by atoms with Gasteiger partial charge in [-0.1, -0.05) is 0 Å². The second kappa shape index (κ2) is 6.42. The summed E-state index contributed by atoms with van der Waals surface area (Å²) in [7, 11) is 3.35. The van der Waals surface area contributed by atoms with Crippen molar-refractivity contribution in [1.29, 1.82) is 0 Å². The lowest BCUT2D eigenvalue weighted by Crippen LogP contribution is -2.40. The number of amides is 1. The van der Waals surface area contributed by atoms with Crippen LogP contribution in [0.2, 0.25) is 0 Å². The molecule has 5 heteroatoms.